The molecule has 0 saturated carbocycles. The van der Waals surface area contributed by atoms with Gasteiger partial charge in [0.05, 0.1) is 17.0 Å². The number of carboxylic acid groups (broad SMARTS) is 1. The molecule has 2 atom stereocenters. The van der Waals surface area contributed by atoms with Crippen LogP contribution in [0.2, 0.25) is 0 Å². The number of halogens is 1. The Morgan fingerprint density at radius 1 is 1.34 bits per heavy atom. The van der Waals surface area contributed by atoms with E-state index in [4.69, 9.17) is 0 Å². The molecule has 0 aliphatic carbocycles. The maximum Gasteiger partial charge on any atom is 0.407 e. The summed E-state index contributed by atoms with van der Waals surface area (Å²) in [7, 11) is 0. The fraction of sp³-hybridized carbons (Fsp3) is 0.600. The molecule has 1 heterocycles. The topological polar surface area (TPSA) is 104 Å². The van der Waals surface area contributed by atoms with E-state index >= 15 is 0 Å². The van der Waals surface area contributed by atoms with Crippen LogP contribution in [0, 0.1) is 21.3 Å². The third-order valence-electron chi connectivity index (χ3n) is 5.27. The molecule has 29 heavy (non-hydrogen) atoms. The van der Waals surface area contributed by atoms with Gasteiger partial charge in [-0.1, -0.05) is 20.8 Å². The van der Waals surface area contributed by atoms with Gasteiger partial charge >= 0.3 is 11.8 Å². The molecule has 1 aromatic carbocycles. The van der Waals surface area contributed by atoms with Gasteiger partial charge in [0.15, 0.2) is 0 Å². The number of nitrogens with zero attached hydrogens (tertiary/aromatic N) is 3. The Balaban J connectivity index is 2.51. The van der Waals surface area contributed by atoms with Gasteiger partial charge in [-0.3, -0.25) is 14.9 Å². The largest absolute Gasteiger partial charge is 0.465 e. The zero-order chi connectivity index (χ0) is 22.1. The Kier molecular flexibility index (Phi) is 6.50. The summed E-state index contributed by atoms with van der Waals surface area (Å²) in [5.74, 6) is -1.49. The molecular formula is C20H28FN3O5. The second-order valence-electron chi connectivity index (χ2n) is 8.73. The first-order valence-electron chi connectivity index (χ1n) is 9.62. The number of nitro groups is 1. The molecule has 1 fully saturated rings. The van der Waals surface area contributed by atoms with Crippen molar-refractivity contribution in [2.45, 2.75) is 65.6 Å². The van der Waals surface area contributed by atoms with Gasteiger partial charge in [-0.15, -0.1) is 0 Å². The fourth-order valence-electron chi connectivity index (χ4n) is 4.23. The van der Waals surface area contributed by atoms with Crippen molar-refractivity contribution in [2.75, 3.05) is 6.54 Å². The normalized spacial score (nSPS) is 19.9. The van der Waals surface area contributed by atoms with Crippen LogP contribution in [-0.4, -0.2) is 56.5 Å². The van der Waals surface area contributed by atoms with Crippen molar-refractivity contribution >= 4 is 17.7 Å². The summed E-state index contributed by atoms with van der Waals surface area (Å²) < 4.78 is 13.7. The summed E-state index contributed by atoms with van der Waals surface area (Å²) in [6.45, 7) is 9.80. The zero-order valence-electron chi connectivity index (χ0n) is 17.4. The first-order chi connectivity index (χ1) is 13.4. The number of amides is 2. The standard InChI is InChI=1S/C20H28FN3O5/c1-12(2)23(18(25)13-8-9-14(21)16(11-13)24(28)29)15-7-6-10-22(19(26)27)17(15)20(3,4)5/h8-9,11-12,15,17H,6-7,10H2,1-5H3,(H,26,27)/t15-,17?/m1/s1. The molecule has 2 rings (SSSR count). The highest BCUT2D eigenvalue weighted by Gasteiger charge is 2.46. The maximum absolute atomic E-state index is 13.7. The Labute approximate surface area is 169 Å². The molecule has 0 bridgehead atoms. The Morgan fingerprint density at radius 3 is 2.45 bits per heavy atom. The van der Waals surface area contributed by atoms with Gasteiger partial charge in [0, 0.05) is 24.2 Å². The van der Waals surface area contributed by atoms with Crippen LogP contribution in [-0.2, 0) is 0 Å². The van der Waals surface area contributed by atoms with E-state index in [-0.39, 0.29) is 11.6 Å². The maximum atomic E-state index is 13.7. The highest BCUT2D eigenvalue weighted by atomic mass is 19.1. The highest BCUT2D eigenvalue weighted by Crippen LogP contribution is 2.36. The van der Waals surface area contributed by atoms with Crippen LogP contribution in [0.5, 0.6) is 0 Å². The van der Waals surface area contributed by atoms with Gasteiger partial charge in [0.1, 0.15) is 0 Å². The van der Waals surface area contributed by atoms with Crippen molar-refractivity contribution in [3.63, 3.8) is 0 Å². The first kappa shape index (κ1) is 22.6. The van der Waals surface area contributed by atoms with Crippen LogP contribution < -0.4 is 0 Å². The van der Waals surface area contributed by atoms with Gasteiger partial charge < -0.3 is 14.9 Å². The Morgan fingerprint density at radius 2 is 1.97 bits per heavy atom. The quantitative estimate of drug-likeness (QED) is 0.594. The number of rotatable bonds is 4. The van der Waals surface area contributed by atoms with E-state index in [2.05, 4.69) is 0 Å². The van der Waals surface area contributed by atoms with E-state index in [1.165, 1.54) is 11.0 Å². The third-order valence-corrected chi connectivity index (χ3v) is 5.27. The molecule has 1 aliphatic rings. The molecular weight excluding hydrogens is 381 g/mol. The lowest BCUT2D eigenvalue weighted by molar-refractivity contribution is -0.387. The number of hydrogen-bond acceptors (Lipinski definition) is 4. The number of carbonyl (C=O) groups is 2. The molecule has 1 unspecified atom stereocenters. The van der Waals surface area contributed by atoms with Crippen LogP contribution in [0.3, 0.4) is 0 Å². The van der Waals surface area contributed by atoms with Gasteiger partial charge in [-0.25, -0.2) is 4.79 Å². The van der Waals surface area contributed by atoms with Gasteiger partial charge in [0.2, 0.25) is 5.82 Å². The number of carbonyl (C=O) groups excluding carboxylic acids is 1. The number of likely N-dealkylation sites (tertiary alicyclic amines) is 1. The number of hydrogen-bond donors (Lipinski definition) is 1. The summed E-state index contributed by atoms with van der Waals surface area (Å²) >= 11 is 0. The zero-order valence-corrected chi connectivity index (χ0v) is 17.4. The smallest absolute Gasteiger partial charge is 0.407 e. The lowest BCUT2D eigenvalue weighted by Gasteiger charge is -2.51. The van der Waals surface area contributed by atoms with Crippen molar-refractivity contribution in [3.05, 3.63) is 39.7 Å². The van der Waals surface area contributed by atoms with Crippen LogP contribution in [0.1, 0.15) is 57.8 Å². The molecule has 8 nitrogen and oxygen atoms in total. The summed E-state index contributed by atoms with van der Waals surface area (Å²) in [6, 6.07) is 1.94. The van der Waals surface area contributed by atoms with E-state index in [0.29, 0.717) is 19.4 Å². The number of nitro benzene ring substituents is 1. The minimum absolute atomic E-state index is 0.00640. The van der Waals surface area contributed by atoms with E-state index < -0.39 is 45.9 Å². The average Bonchev–Trinajstić information content (AvgIpc) is 2.60. The van der Waals surface area contributed by atoms with E-state index in [0.717, 1.165) is 12.1 Å². The third kappa shape index (κ3) is 4.65. The SMILES string of the molecule is CC(C)N(C(=O)c1ccc(F)c([N+](=O)[O-])c1)[C@@H]1CCCN(C(=O)O)C1C(C)(C)C. The molecule has 1 aromatic rings. The molecule has 1 saturated heterocycles. The molecule has 9 heteroatoms. The van der Waals surface area contributed by atoms with Crippen LogP contribution in [0.25, 0.3) is 0 Å². The van der Waals surface area contributed by atoms with Crippen LogP contribution in [0.15, 0.2) is 18.2 Å². The van der Waals surface area contributed by atoms with Gasteiger partial charge in [-0.05, 0) is 44.2 Å². The second kappa shape index (κ2) is 8.34. The van der Waals surface area contributed by atoms with E-state index in [1.54, 1.807) is 4.90 Å². The van der Waals surface area contributed by atoms with Crippen molar-refractivity contribution in [1.29, 1.82) is 0 Å². The van der Waals surface area contributed by atoms with Crippen molar-refractivity contribution in [3.8, 4) is 0 Å². The number of benzene rings is 1. The van der Waals surface area contributed by atoms with Crippen molar-refractivity contribution in [1.82, 2.24) is 9.80 Å². The first-order valence-corrected chi connectivity index (χ1v) is 9.62. The molecule has 160 valence electrons. The minimum Gasteiger partial charge on any atom is -0.465 e. The fourth-order valence-corrected chi connectivity index (χ4v) is 4.23. The Bertz CT molecular complexity index is 806. The van der Waals surface area contributed by atoms with E-state index in [1.807, 2.05) is 34.6 Å². The molecule has 0 radical (unpaired) electrons. The van der Waals surface area contributed by atoms with Crippen molar-refractivity contribution in [2.24, 2.45) is 5.41 Å². The van der Waals surface area contributed by atoms with Gasteiger partial charge in [-0.2, -0.15) is 4.39 Å². The highest BCUT2D eigenvalue weighted by molar-refractivity contribution is 5.95. The summed E-state index contributed by atoms with van der Waals surface area (Å²) in [5.41, 5.74) is -1.19. The van der Waals surface area contributed by atoms with E-state index in [9.17, 15) is 29.2 Å². The van der Waals surface area contributed by atoms with Crippen molar-refractivity contribution < 1.29 is 24.0 Å². The monoisotopic (exact) mass is 409 g/mol. The minimum atomic E-state index is -1.04. The molecule has 1 N–H and O–H groups in total. The van der Waals surface area contributed by atoms with Crippen LogP contribution >= 0.6 is 0 Å². The predicted molar refractivity (Wildman–Crippen MR) is 105 cm³/mol. The molecule has 0 aromatic heterocycles. The Hall–Kier alpha value is -2.71. The lowest BCUT2D eigenvalue weighted by atomic mass is 9.76. The summed E-state index contributed by atoms with van der Waals surface area (Å²) in [5, 5.41) is 20.8. The summed E-state index contributed by atoms with van der Waals surface area (Å²) in [6.07, 6.45) is 0.172. The lowest BCUT2D eigenvalue weighted by Crippen LogP contribution is -2.63. The number of piperidine rings is 1. The summed E-state index contributed by atoms with van der Waals surface area (Å²) in [4.78, 5) is 38.4. The molecule has 2 amide bonds. The second-order valence-corrected chi connectivity index (χ2v) is 8.73. The molecule has 1 aliphatic heterocycles. The van der Waals surface area contributed by atoms with Gasteiger partial charge in [0.25, 0.3) is 5.91 Å². The van der Waals surface area contributed by atoms with Crippen LogP contribution in [0.4, 0.5) is 14.9 Å². The average molecular weight is 409 g/mol. The predicted octanol–water partition coefficient (Wildman–Crippen LogP) is 4.14. The molecule has 0 spiro atoms.